The first-order valence-corrected chi connectivity index (χ1v) is 12.3. The number of esters is 1. The average Bonchev–Trinajstić information content (AvgIpc) is 2.99. The van der Waals surface area contributed by atoms with Gasteiger partial charge in [0.15, 0.2) is 12.4 Å². The van der Waals surface area contributed by atoms with Gasteiger partial charge in [-0.2, -0.15) is 15.0 Å². The highest BCUT2D eigenvalue weighted by Crippen LogP contribution is 2.29. The molecule has 11 heteroatoms. The monoisotopic (exact) mass is 491 g/mol. The van der Waals surface area contributed by atoms with Crippen LogP contribution in [-0.2, 0) is 24.3 Å². The third-order valence-electron chi connectivity index (χ3n) is 6.02. The summed E-state index contributed by atoms with van der Waals surface area (Å²) in [5.74, 6) is 0.715. The first-order chi connectivity index (χ1) is 16.9. The molecule has 0 aliphatic carbocycles. The van der Waals surface area contributed by atoms with Gasteiger partial charge < -0.3 is 15.8 Å². The van der Waals surface area contributed by atoms with Crippen molar-refractivity contribution in [3.05, 3.63) is 62.3 Å². The number of aromatic nitrogens is 5. The van der Waals surface area contributed by atoms with Gasteiger partial charge in [0.2, 0.25) is 11.9 Å². The Morgan fingerprint density at radius 2 is 1.97 bits per heavy atom. The summed E-state index contributed by atoms with van der Waals surface area (Å²) in [4.78, 5) is 44.2. The van der Waals surface area contributed by atoms with Gasteiger partial charge in [-0.05, 0) is 43.9 Å². The van der Waals surface area contributed by atoms with Gasteiger partial charge in [-0.15, -0.1) is 11.3 Å². The number of fused-ring (bicyclic) bond motifs is 2. The Labute approximate surface area is 205 Å². The Morgan fingerprint density at radius 3 is 2.80 bits per heavy atom. The number of nitrogens with one attached hydrogen (secondary N) is 1. The molecule has 0 amide bonds. The summed E-state index contributed by atoms with van der Waals surface area (Å²) >= 11 is 1.18. The number of aryl methyl sites for hydroxylation is 3. The lowest BCUT2D eigenvalue weighted by molar-refractivity contribution is 0.0467. The van der Waals surface area contributed by atoms with E-state index in [1.54, 1.807) is 11.5 Å². The minimum Gasteiger partial charge on any atom is -0.453 e. The van der Waals surface area contributed by atoms with E-state index in [1.165, 1.54) is 11.3 Å². The molecule has 1 aliphatic rings. The molecule has 0 fully saturated rings. The van der Waals surface area contributed by atoms with Crippen molar-refractivity contribution >= 4 is 45.1 Å². The smallest absolute Gasteiger partial charge is 0.349 e. The van der Waals surface area contributed by atoms with Crippen LogP contribution in [0.3, 0.4) is 0 Å². The molecular weight excluding hydrogens is 466 g/mol. The fourth-order valence-electron chi connectivity index (χ4n) is 4.19. The molecule has 180 valence electrons. The maximum Gasteiger partial charge on any atom is 0.349 e. The molecule has 5 rings (SSSR count). The van der Waals surface area contributed by atoms with Crippen molar-refractivity contribution in [3.63, 3.8) is 0 Å². The first kappa shape index (κ1) is 22.9. The number of rotatable bonds is 5. The van der Waals surface area contributed by atoms with Crippen LogP contribution in [0.1, 0.15) is 51.7 Å². The van der Waals surface area contributed by atoms with Crippen molar-refractivity contribution in [2.75, 3.05) is 11.1 Å². The molecule has 0 saturated heterocycles. The normalized spacial score (nSPS) is 13.3. The SMILES string of the molecule is Cc1ccccc1Nc1nc(N)nc(COC(=O)c2sc3nc4n(c(=O)c3c2C)CCCCC4)n1. The summed E-state index contributed by atoms with van der Waals surface area (Å²) in [6.45, 7) is 4.19. The third kappa shape index (κ3) is 4.59. The van der Waals surface area contributed by atoms with Gasteiger partial charge in [0.05, 0.1) is 5.39 Å². The third-order valence-corrected chi connectivity index (χ3v) is 7.19. The molecule has 10 nitrogen and oxygen atoms in total. The number of hydrogen-bond donors (Lipinski definition) is 2. The van der Waals surface area contributed by atoms with Gasteiger partial charge >= 0.3 is 5.97 Å². The van der Waals surface area contributed by atoms with Crippen molar-refractivity contribution < 1.29 is 9.53 Å². The van der Waals surface area contributed by atoms with Crippen LogP contribution in [0.4, 0.5) is 17.6 Å². The van der Waals surface area contributed by atoms with Gasteiger partial charge in [0, 0.05) is 18.7 Å². The number of anilines is 3. The minimum absolute atomic E-state index is 0.0129. The Kier molecular flexibility index (Phi) is 6.16. The van der Waals surface area contributed by atoms with E-state index >= 15 is 0 Å². The quantitative estimate of drug-likeness (QED) is 0.400. The van der Waals surface area contributed by atoms with E-state index in [0.29, 0.717) is 27.2 Å². The Hall–Kier alpha value is -3.86. The topological polar surface area (TPSA) is 138 Å². The second-order valence-corrected chi connectivity index (χ2v) is 9.48. The van der Waals surface area contributed by atoms with Gasteiger partial charge in [0.1, 0.15) is 15.5 Å². The van der Waals surface area contributed by atoms with Gasteiger partial charge in [-0.1, -0.05) is 24.6 Å². The Morgan fingerprint density at radius 1 is 1.14 bits per heavy atom. The van der Waals surface area contributed by atoms with Crippen molar-refractivity contribution in [3.8, 4) is 0 Å². The molecule has 4 heterocycles. The van der Waals surface area contributed by atoms with Crippen LogP contribution < -0.4 is 16.6 Å². The van der Waals surface area contributed by atoms with E-state index in [2.05, 4.69) is 20.3 Å². The molecule has 3 aromatic heterocycles. The summed E-state index contributed by atoms with van der Waals surface area (Å²) in [5, 5.41) is 3.60. The maximum absolute atomic E-state index is 13.1. The minimum atomic E-state index is -0.558. The first-order valence-electron chi connectivity index (χ1n) is 11.4. The van der Waals surface area contributed by atoms with Gasteiger partial charge in [0.25, 0.3) is 5.56 Å². The Bertz CT molecular complexity index is 1490. The summed E-state index contributed by atoms with van der Waals surface area (Å²) in [6, 6.07) is 7.69. The lowest BCUT2D eigenvalue weighted by atomic mass is 10.2. The van der Waals surface area contributed by atoms with E-state index in [9.17, 15) is 9.59 Å². The van der Waals surface area contributed by atoms with E-state index in [0.717, 1.165) is 42.8 Å². The number of para-hydroxylation sites is 1. The zero-order valence-corrected chi connectivity index (χ0v) is 20.3. The van der Waals surface area contributed by atoms with Crippen molar-refractivity contribution in [1.82, 2.24) is 24.5 Å². The van der Waals surface area contributed by atoms with Crippen LogP contribution in [0.5, 0.6) is 0 Å². The summed E-state index contributed by atoms with van der Waals surface area (Å²) in [5.41, 5.74) is 8.19. The number of nitrogens with zero attached hydrogens (tertiary/aromatic N) is 5. The second kappa shape index (κ2) is 9.41. The molecule has 0 radical (unpaired) electrons. The zero-order chi connectivity index (χ0) is 24.5. The molecule has 0 spiro atoms. The van der Waals surface area contributed by atoms with Crippen LogP contribution in [0.25, 0.3) is 10.2 Å². The summed E-state index contributed by atoms with van der Waals surface area (Å²) in [6.07, 6.45) is 3.80. The molecular formula is C24H25N7O3S. The maximum atomic E-state index is 13.1. The lowest BCUT2D eigenvalue weighted by Gasteiger charge is -2.09. The van der Waals surface area contributed by atoms with Crippen LogP contribution in [0, 0.1) is 13.8 Å². The number of nitrogen functional groups attached to an aromatic ring is 1. The molecule has 3 N–H and O–H groups in total. The van der Waals surface area contributed by atoms with E-state index in [4.69, 9.17) is 15.5 Å². The number of hydrogen-bond acceptors (Lipinski definition) is 10. The molecule has 1 aromatic carbocycles. The van der Waals surface area contributed by atoms with E-state index in [-0.39, 0.29) is 29.9 Å². The summed E-state index contributed by atoms with van der Waals surface area (Å²) in [7, 11) is 0. The number of carbonyl (C=O) groups excluding carboxylic acids is 1. The predicted octanol–water partition coefficient (Wildman–Crippen LogP) is 3.67. The van der Waals surface area contributed by atoms with Crippen LogP contribution in [0.15, 0.2) is 29.1 Å². The fraction of sp³-hybridized carbons (Fsp3) is 0.333. The highest BCUT2D eigenvalue weighted by atomic mass is 32.1. The molecule has 0 bridgehead atoms. The van der Waals surface area contributed by atoms with Gasteiger partial charge in [-0.25, -0.2) is 9.78 Å². The molecule has 0 atom stereocenters. The standard InChI is InChI=1S/C24H25N7O3S/c1-13-8-5-6-9-15(13)26-24-28-16(27-23(25)30-24)12-34-22(33)19-14(2)18-20(35-19)29-17-10-4-3-7-11-31(17)21(18)32/h5-6,8-9H,3-4,7,10-12H2,1-2H3,(H3,25,26,27,28,30). The van der Waals surface area contributed by atoms with Crippen molar-refractivity contribution in [2.45, 2.75) is 52.7 Å². The average molecular weight is 492 g/mol. The van der Waals surface area contributed by atoms with Crippen LogP contribution in [-0.4, -0.2) is 30.5 Å². The lowest BCUT2D eigenvalue weighted by Crippen LogP contribution is -2.24. The Balaban J connectivity index is 1.37. The second-order valence-electron chi connectivity index (χ2n) is 8.48. The number of thiophene rings is 1. The number of carbonyl (C=O) groups is 1. The molecule has 4 aromatic rings. The highest BCUT2D eigenvalue weighted by molar-refractivity contribution is 7.20. The number of ether oxygens (including phenoxy) is 1. The van der Waals surface area contributed by atoms with E-state index < -0.39 is 5.97 Å². The highest BCUT2D eigenvalue weighted by Gasteiger charge is 2.23. The van der Waals surface area contributed by atoms with Crippen LogP contribution >= 0.6 is 11.3 Å². The van der Waals surface area contributed by atoms with Crippen LogP contribution in [0.2, 0.25) is 0 Å². The van der Waals surface area contributed by atoms with Gasteiger partial charge in [-0.3, -0.25) is 9.36 Å². The van der Waals surface area contributed by atoms with E-state index in [1.807, 2.05) is 31.2 Å². The predicted molar refractivity (Wildman–Crippen MR) is 134 cm³/mol. The molecule has 0 saturated carbocycles. The van der Waals surface area contributed by atoms with Crippen molar-refractivity contribution in [1.29, 1.82) is 0 Å². The summed E-state index contributed by atoms with van der Waals surface area (Å²) < 4.78 is 7.24. The molecule has 0 unspecified atom stereocenters. The number of benzene rings is 1. The largest absolute Gasteiger partial charge is 0.453 e. The molecule has 35 heavy (non-hydrogen) atoms. The molecule has 1 aliphatic heterocycles. The zero-order valence-electron chi connectivity index (χ0n) is 19.5. The number of nitrogens with two attached hydrogens (primary N) is 1. The fourth-order valence-corrected chi connectivity index (χ4v) is 5.28. The van der Waals surface area contributed by atoms with Crippen molar-refractivity contribution in [2.24, 2.45) is 0 Å².